The standard InChI is InChI=1S/C24H17Br3N2O2S/c1-14-2-8-18(9-3-14)28-24-29-23(30)21(32-24)12-16-10-19(26)22(20(27)11-16)31-13-15-4-6-17(25)7-5-15/h2-12H,13H2,1H3,(H,28,29,30)/b21-12-. The van der Waals surface area contributed by atoms with Crippen molar-refractivity contribution in [2.24, 2.45) is 4.99 Å². The third-order valence-corrected chi connectivity index (χ3v) is 7.15. The number of hydrogen-bond donors (Lipinski definition) is 1. The monoisotopic (exact) mass is 634 g/mol. The second-order valence-electron chi connectivity index (χ2n) is 7.05. The molecule has 8 heteroatoms. The molecule has 1 saturated heterocycles. The molecule has 0 aromatic heterocycles. The van der Waals surface area contributed by atoms with Crippen LogP contribution in [0.15, 0.2) is 84.0 Å². The summed E-state index contributed by atoms with van der Waals surface area (Å²) < 4.78 is 8.63. The van der Waals surface area contributed by atoms with Crippen LogP contribution in [0.3, 0.4) is 0 Å². The first kappa shape index (κ1) is 23.3. The van der Waals surface area contributed by atoms with Gasteiger partial charge in [0.1, 0.15) is 12.4 Å². The molecule has 0 aliphatic carbocycles. The summed E-state index contributed by atoms with van der Waals surface area (Å²) in [7, 11) is 0. The van der Waals surface area contributed by atoms with Gasteiger partial charge in [0.2, 0.25) is 0 Å². The summed E-state index contributed by atoms with van der Waals surface area (Å²) in [4.78, 5) is 17.5. The molecule has 1 N–H and O–H groups in total. The number of rotatable bonds is 5. The number of amides is 1. The zero-order chi connectivity index (χ0) is 22.7. The Bertz CT molecular complexity index is 1200. The topological polar surface area (TPSA) is 50.7 Å². The highest BCUT2D eigenvalue weighted by Crippen LogP contribution is 2.37. The third-order valence-electron chi connectivity index (χ3n) is 4.53. The molecule has 0 bridgehead atoms. The molecule has 1 fully saturated rings. The second kappa shape index (κ2) is 10.4. The van der Waals surface area contributed by atoms with Crippen molar-refractivity contribution in [1.29, 1.82) is 0 Å². The van der Waals surface area contributed by atoms with Gasteiger partial charge in [0.15, 0.2) is 5.17 Å². The first-order chi connectivity index (χ1) is 15.4. The molecular weight excluding hydrogens is 620 g/mol. The van der Waals surface area contributed by atoms with Gasteiger partial charge in [0.05, 0.1) is 19.5 Å². The van der Waals surface area contributed by atoms with Gasteiger partial charge in [0, 0.05) is 4.47 Å². The first-order valence-electron chi connectivity index (χ1n) is 9.60. The Morgan fingerprint density at radius 1 is 1.00 bits per heavy atom. The van der Waals surface area contributed by atoms with E-state index in [1.165, 1.54) is 11.8 Å². The summed E-state index contributed by atoms with van der Waals surface area (Å²) in [6.45, 7) is 2.47. The number of amidine groups is 1. The van der Waals surface area contributed by atoms with Gasteiger partial charge in [-0.2, -0.15) is 0 Å². The molecule has 1 aliphatic rings. The van der Waals surface area contributed by atoms with Crippen molar-refractivity contribution in [3.63, 3.8) is 0 Å². The number of halogens is 3. The maximum absolute atomic E-state index is 12.4. The molecule has 1 aliphatic heterocycles. The molecule has 4 rings (SSSR count). The normalized spacial score (nSPS) is 15.9. The van der Waals surface area contributed by atoms with E-state index < -0.39 is 0 Å². The predicted molar refractivity (Wildman–Crippen MR) is 142 cm³/mol. The van der Waals surface area contributed by atoms with Gasteiger partial charge in [-0.15, -0.1) is 0 Å². The Balaban J connectivity index is 1.49. The van der Waals surface area contributed by atoms with E-state index in [9.17, 15) is 4.79 Å². The van der Waals surface area contributed by atoms with Crippen LogP contribution in [-0.4, -0.2) is 11.1 Å². The van der Waals surface area contributed by atoms with Gasteiger partial charge in [-0.3, -0.25) is 4.79 Å². The number of aliphatic imine (C=N–C) groups is 1. The number of aryl methyl sites for hydroxylation is 1. The summed E-state index contributed by atoms with van der Waals surface area (Å²) in [6.07, 6.45) is 1.84. The average Bonchev–Trinajstić information content (AvgIpc) is 3.09. The van der Waals surface area contributed by atoms with Crippen LogP contribution in [0.25, 0.3) is 6.08 Å². The van der Waals surface area contributed by atoms with Crippen molar-refractivity contribution >= 4 is 82.4 Å². The highest BCUT2D eigenvalue weighted by atomic mass is 79.9. The van der Waals surface area contributed by atoms with Crippen molar-refractivity contribution in [3.05, 3.63) is 95.7 Å². The van der Waals surface area contributed by atoms with Crippen molar-refractivity contribution in [1.82, 2.24) is 5.32 Å². The molecule has 3 aromatic carbocycles. The molecule has 0 saturated carbocycles. The number of benzene rings is 3. The van der Waals surface area contributed by atoms with E-state index in [1.54, 1.807) is 0 Å². The Morgan fingerprint density at radius 3 is 2.31 bits per heavy atom. The second-order valence-corrected chi connectivity index (χ2v) is 10.7. The Hall–Kier alpha value is -1.87. The minimum absolute atomic E-state index is 0.163. The third kappa shape index (κ3) is 5.92. The van der Waals surface area contributed by atoms with Gasteiger partial charge in [0.25, 0.3) is 5.91 Å². The van der Waals surface area contributed by atoms with Gasteiger partial charge in [-0.1, -0.05) is 45.8 Å². The maximum Gasteiger partial charge on any atom is 0.264 e. The van der Waals surface area contributed by atoms with Crippen LogP contribution in [0.4, 0.5) is 5.69 Å². The zero-order valence-corrected chi connectivity index (χ0v) is 22.4. The Morgan fingerprint density at radius 2 is 1.66 bits per heavy atom. The van der Waals surface area contributed by atoms with Gasteiger partial charge < -0.3 is 10.1 Å². The Labute approximate surface area is 215 Å². The molecule has 1 heterocycles. The Kier molecular flexibility index (Phi) is 7.55. The molecule has 3 aromatic rings. The fourth-order valence-electron chi connectivity index (χ4n) is 2.91. The predicted octanol–water partition coefficient (Wildman–Crippen LogP) is 7.75. The van der Waals surface area contributed by atoms with Gasteiger partial charge >= 0.3 is 0 Å². The number of nitrogens with zero attached hydrogens (tertiary/aromatic N) is 1. The van der Waals surface area contributed by atoms with E-state index in [0.717, 1.165) is 35.8 Å². The summed E-state index contributed by atoms with van der Waals surface area (Å²) in [5.74, 6) is 0.545. The lowest BCUT2D eigenvalue weighted by molar-refractivity contribution is -0.115. The van der Waals surface area contributed by atoms with E-state index in [0.29, 0.717) is 22.4 Å². The average molecular weight is 637 g/mol. The fraction of sp³-hybridized carbons (Fsp3) is 0.0833. The highest BCUT2D eigenvalue weighted by molar-refractivity contribution is 9.11. The zero-order valence-electron chi connectivity index (χ0n) is 16.9. The lowest BCUT2D eigenvalue weighted by atomic mass is 10.2. The SMILES string of the molecule is Cc1ccc(N=C2NC(=O)/C(=C/c3cc(Br)c(OCc4ccc(Br)cc4)c(Br)c3)S2)cc1. The summed E-state index contributed by atoms with van der Waals surface area (Å²) in [5, 5.41) is 3.39. The van der Waals surface area contributed by atoms with Crippen LogP contribution in [0.2, 0.25) is 0 Å². The van der Waals surface area contributed by atoms with Crippen LogP contribution in [0, 0.1) is 6.92 Å². The molecule has 162 valence electrons. The van der Waals surface area contributed by atoms with E-state index in [2.05, 4.69) is 58.1 Å². The quantitative estimate of drug-likeness (QED) is 0.291. The minimum Gasteiger partial charge on any atom is -0.487 e. The lowest BCUT2D eigenvalue weighted by Crippen LogP contribution is -2.19. The van der Waals surface area contributed by atoms with Crippen LogP contribution < -0.4 is 10.1 Å². The molecule has 1 amide bonds. The molecule has 0 unspecified atom stereocenters. The number of carbonyl (C=O) groups excluding carboxylic acids is 1. The number of hydrogen-bond acceptors (Lipinski definition) is 4. The van der Waals surface area contributed by atoms with E-state index in [1.807, 2.05) is 73.7 Å². The van der Waals surface area contributed by atoms with E-state index in [4.69, 9.17) is 4.74 Å². The van der Waals surface area contributed by atoms with Crippen molar-refractivity contribution < 1.29 is 9.53 Å². The van der Waals surface area contributed by atoms with Crippen LogP contribution in [0.1, 0.15) is 16.7 Å². The first-order valence-corrected chi connectivity index (χ1v) is 12.8. The highest BCUT2D eigenvalue weighted by Gasteiger charge is 2.24. The molecule has 0 radical (unpaired) electrons. The molecule has 4 nitrogen and oxygen atoms in total. The van der Waals surface area contributed by atoms with Crippen molar-refractivity contribution in [2.75, 3.05) is 0 Å². The molecular formula is C24H17Br3N2O2S. The summed E-state index contributed by atoms with van der Waals surface area (Å²) >= 11 is 11.9. The lowest BCUT2D eigenvalue weighted by Gasteiger charge is -2.12. The minimum atomic E-state index is -0.163. The smallest absolute Gasteiger partial charge is 0.264 e. The van der Waals surface area contributed by atoms with Crippen molar-refractivity contribution in [2.45, 2.75) is 13.5 Å². The van der Waals surface area contributed by atoms with Crippen molar-refractivity contribution in [3.8, 4) is 5.75 Å². The number of ether oxygens (including phenoxy) is 1. The number of thioether (sulfide) groups is 1. The summed E-state index contributed by atoms with van der Waals surface area (Å²) in [5.41, 5.74) is 3.90. The largest absolute Gasteiger partial charge is 0.487 e. The number of carbonyl (C=O) groups is 1. The van der Waals surface area contributed by atoms with Gasteiger partial charge in [-0.25, -0.2) is 4.99 Å². The molecule has 0 spiro atoms. The van der Waals surface area contributed by atoms with E-state index in [-0.39, 0.29) is 5.91 Å². The van der Waals surface area contributed by atoms with Crippen LogP contribution >= 0.6 is 59.6 Å². The van der Waals surface area contributed by atoms with Crippen LogP contribution in [-0.2, 0) is 11.4 Å². The summed E-state index contributed by atoms with van der Waals surface area (Å²) in [6, 6.07) is 19.7. The maximum atomic E-state index is 12.4. The van der Waals surface area contributed by atoms with Gasteiger partial charge in [-0.05, 0) is 104 Å². The van der Waals surface area contributed by atoms with Crippen LogP contribution in [0.5, 0.6) is 5.75 Å². The number of nitrogens with one attached hydrogen (secondary N) is 1. The van der Waals surface area contributed by atoms with E-state index >= 15 is 0 Å². The fourth-order valence-corrected chi connectivity index (χ4v) is 5.46. The molecule has 32 heavy (non-hydrogen) atoms. The molecule has 0 atom stereocenters.